The molecule has 0 aliphatic rings. The highest BCUT2D eigenvalue weighted by molar-refractivity contribution is 7.80. The fraction of sp³-hybridized carbons (Fsp3) is 0. The van der Waals surface area contributed by atoms with Gasteiger partial charge in [0.15, 0.2) is 5.11 Å². The molecular formula is C19H13ClN2O3S. The zero-order valence-electron chi connectivity index (χ0n) is 13.3. The summed E-state index contributed by atoms with van der Waals surface area (Å²) in [6.07, 6.45) is 0. The van der Waals surface area contributed by atoms with Gasteiger partial charge in [0.1, 0.15) is 0 Å². The Morgan fingerprint density at radius 2 is 1.69 bits per heavy atom. The van der Waals surface area contributed by atoms with E-state index < -0.39 is 5.97 Å². The monoisotopic (exact) mass is 384 g/mol. The van der Waals surface area contributed by atoms with Crippen molar-refractivity contribution in [2.24, 2.45) is 0 Å². The number of aromatic carboxylic acids is 1. The minimum Gasteiger partial charge on any atom is -0.478 e. The Morgan fingerprint density at radius 3 is 2.42 bits per heavy atom. The summed E-state index contributed by atoms with van der Waals surface area (Å²) in [5.74, 6) is -1.51. The van der Waals surface area contributed by atoms with Gasteiger partial charge in [0.2, 0.25) is 0 Å². The van der Waals surface area contributed by atoms with Crippen molar-refractivity contribution in [3.63, 3.8) is 0 Å². The van der Waals surface area contributed by atoms with Crippen LogP contribution in [0.25, 0.3) is 10.8 Å². The quantitative estimate of drug-likeness (QED) is 0.586. The first kappa shape index (κ1) is 17.8. The highest BCUT2D eigenvalue weighted by atomic mass is 35.5. The topological polar surface area (TPSA) is 78.4 Å². The molecule has 3 aromatic rings. The maximum Gasteiger partial charge on any atom is 0.337 e. The van der Waals surface area contributed by atoms with E-state index in [1.54, 1.807) is 18.2 Å². The fourth-order valence-corrected chi connectivity index (χ4v) is 2.84. The molecule has 0 saturated carbocycles. The Labute approximate surface area is 159 Å². The number of anilines is 1. The zero-order valence-corrected chi connectivity index (χ0v) is 14.9. The van der Waals surface area contributed by atoms with Gasteiger partial charge in [-0.2, -0.15) is 0 Å². The standard InChI is InChI=1S/C19H13ClN2O3S/c20-16-8-7-14(10-15(16)18(24)25)21-19(26)22-17(23)13-6-5-11-3-1-2-4-12(11)9-13/h1-10H,(H,24,25)(H2,21,22,23,26). The third kappa shape index (κ3) is 3.99. The summed E-state index contributed by atoms with van der Waals surface area (Å²) >= 11 is 11.0. The van der Waals surface area contributed by atoms with Crippen LogP contribution in [-0.4, -0.2) is 22.1 Å². The SMILES string of the molecule is O=C(NC(=S)Nc1ccc(Cl)c(C(=O)O)c1)c1ccc2ccccc2c1. The number of hydrogen-bond acceptors (Lipinski definition) is 3. The number of nitrogens with one attached hydrogen (secondary N) is 2. The Hall–Kier alpha value is -2.96. The number of benzene rings is 3. The number of amides is 1. The number of rotatable bonds is 3. The molecule has 7 heteroatoms. The number of carboxylic acids is 1. The van der Waals surface area contributed by atoms with Crippen molar-refractivity contribution in [2.75, 3.05) is 5.32 Å². The third-order valence-electron chi connectivity index (χ3n) is 3.69. The molecule has 0 radical (unpaired) electrons. The van der Waals surface area contributed by atoms with Crippen LogP contribution in [0, 0.1) is 0 Å². The molecular weight excluding hydrogens is 372 g/mol. The predicted molar refractivity (Wildman–Crippen MR) is 106 cm³/mol. The Kier molecular flexibility index (Phi) is 5.16. The summed E-state index contributed by atoms with van der Waals surface area (Å²) in [5.41, 5.74) is 0.825. The highest BCUT2D eigenvalue weighted by Crippen LogP contribution is 2.20. The smallest absolute Gasteiger partial charge is 0.337 e. The molecule has 3 rings (SSSR count). The first-order valence-corrected chi connectivity index (χ1v) is 8.36. The molecule has 0 bridgehead atoms. The molecule has 26 heavy (non-hydrogen) atoms. The lowest BCUT2D eigenvalue weighted by Gasteiger charge is -2.11. The molecule has 0 aliphatic heterocycles. The van der Waals surface area contributed by atoms with Crippen molar-refractivity contribution in [1.82, 2.24) is 5.32 Å². The van der Waals surface area contributed by atoms with Gasteiger partial charge in [-0.25, -0.2) is 4.79 Å². The average molecular weight is 385 g/mol. The number of carbonyl (C=O) groups is 2. The fourth-order valence-electron chi connectivity index (χ4n) is 2.44. The van der Waals surface area contributed by atoms with Gasteiger partial charge < -0.3 is 10.4 Å². The Morgan fingerprint density at radius 1 is 0.962 bits per heavy atom. The van der Waals surface area contributed by atoms with E-state index in [1.165, 1.54) is 12.1 Å². The number of thiocarbonyl (C=S) groups is 1. The molecule has 5 nitrogen and oxygen atoms in total. The van der Waals surface area contributed by atoms with Gasteiger partial charge in [0.25, 0.3) is 5.91 Å². The first-order chi connectivity index (χ1) is 12.4. The third-order valence-corrected chi connectivity index (χ3v) is 4.23. The second-order valence-electron chi connectivity index (χ2n) is 5.47. The van der Waals surface area contributed by atoms with Crippen LogP contribution < -0.4 is 10.6 Å². The van der Waals surface area contributed by atoms with E-state index in [0.717, 1.165) is 10.8 Å². The largest absolute Gasteiger partial charge is 0.478 e. The van der Waals surface area contributed by atoms with E-state index >= 15 is 0 Å². The molecule has 0 aromatic heterocycles. The minimum absolute atomic E-state index is 0.0553. The van der Waals surface area contributed by atoms with Crippen LogP contribution in [0.5, 0.6) is 0 Å². The van der Waals surface area contributed by atoms with Crippen LogP contribution in [0.4, 0.5) is 5.69 Å². The van der Waals surface area contributed by atoms with E-state index in [0.29, 0.717) is 11.3 Å². The molecule has 1 amide bonds. The summed E-state index contributed by atoms with van der Waals surface area (Å²) < 4.78 is 0. The molecule has 0 spiro atoms. The predicted octanol–water partition coefficient (Wildman–Crippen LogP) is 4.32. The van der Waals surface area contributed by atoms with E-state index in [2.05, 4.69) is 10.6 Å². The van der Waals surface area contributed by atoms with Crippen LogP contribution in [0.15, 0.2) is 60.7 Å². The van der Waals surface area contributed by atoms with Crippen LogP contribution in [0.2, 0.25) is 5.02 Å². The van der Waals surface area contributed by atoms with Crippen molar-refractivity contribution in [3.05, 3.63) is 76.8 Å². The highest BCUT2D eigenvalue weighted by Gasteiger charge is 2.12. The molecule has 0 fully saturated rings. The van der Waals surface area contributed by atoms with Crippen LogP contribution in [0.1, 0.15) is 20.7 Å². The molecule has 0 heterocycles. The normalized spacial score (nSPS) is 10.3. The lowest BCUT2D eigenvalue weighted by atomic mass is 10.1. The van der Waals surface area contributed by atoms with E-state index in [4.69, 9.17) is 28.9 Å². The molecule has 0 atom stereocenters. The number of hydrogen-bond donors (Lipinski definition) is 3. The number of carboxylic acid groups (broad SMARTS) is 1. The van der Waals surface area contributed by atoms with Gasteiger partial charge in [-0.1, -0.05) is 41.9 Å². The Bertz CT molecular complexity index is 1040. The van der Waals surface area contributed by atoms with Gasteiger partial charge in [-0.3, -0.25) is 10.1 Å². The maximum atomic E-state index is 12.4. The Balaban J connectivity index is 1.72. The lowest BCUT2D eigenvalue weighted by molar-refractivity contribution is 0.0697. The van der Waals surface area contributed by atoms with Crippen molar-refractivity contribution in [3.8, 4) is 0 Å². The molecule has 130 valence electrons. The summed E-state index contributed by atoms with van der Waals surface area (Å²) in [7, 11) is 0. The first-order valence-electron chi connectivity index (χ1n) is 7.58. The average Bonchev–Trinajstić information content (AvgIpc) is 2.62. The molecule has 0 saturated heterocycles. The summed E-state index contributed by atoms with van der Waals surface area (Å²) in [6, 6.07) is 17.4. The molecule has 3 N–H and O–H groups in total. The molecule has 0 aliphatic carbocycles. The van der Waals surface area contributed by atoms with Gasteiger partial charge in [-0.15, -0.1) is 0 Å². The van der Waals surface area contributed by atoms with E-state index in [1.807, 2.05) is 30.3 Å². The minimum atomic E-state index is -1.15. The van der Waals surface area contributed by atoms with Gasteiger partial charge in [0.05, 0.1) is 10.6 Å². The summed E-state index contributed by atoms with van der Waals surface area (Å²) in [6.45, 7) is 0. The zero-order chi connectivity index (χ0) is 18.7. The van der Waals surface area contributed by atoms with Crippen molar-refractivity contribution in [1.29, 1.82) is 0 Å². The number of carbonyl (C=O) groups excluding carboxylic acids is 1. The molecule has 3 aromatic carbocycles. The number of halogens is 1. The number of fused-ring (bicyclic) bond motifs is 1. The van der Waals surface area contributed by atoms with Gasteiger partial charge in [-0.05, 0) is 53.3 Å². The van der Waals surface area contributed by atoms with Crippen LogP contribution in [-0.2, 0) is 0 Å². The van der Waals surface area contributed by atoms with Gasteiger partial charge in [0, 0.05) is 11.3 Å². The second-order valence-corrected chi connectivity index (χ2v) is 6.29. The second kappa shape index (κ2) is 7.51. The van der Waals surface area contributed by atoms with Crippen molar-refractivity contribution in [2.45, 2.75) is 0 Å². The van der Waals surface area contributed by atoms with Gasteiger partial charge >= 0.3 is 5.97 Å². The summed E-state index contributed by atoms with van der Waals surface area (Å²) in [4.78, 5) is 23.5. The lowest BCUT2D eigenvalue weighted by Crippen LogP contribution is -2.34. The van der Waals surface area contributed by atoms with E-state index in [-0.39, 0.29) is 21.6 Å². The van der Waals surface area contributed by atoms with E-state index in [9.17, 15) is 9.59 Å². The van der Waals surface area contributed by atoms with Crippen molar-refractivity contribution >= 4 is 57.3 Å². The van der Waals surface area contributed by atoms with Crippen LogP contribution in [0.3, 0.4) is 0 Å². The van der Waals surface area contributed by atoms with Crippen molar-refractivity contribution < 1.29 is 14.7 Å². The van der Waals surface area contributed by atoms with Crippen LogP contribution >= 0.6 is 23.8 Å². The summed E-state index contributed by atoms with van der Waals surface area (Å²) in [5, 5.41) is 16.6. The maximum absolute atomic E-state index is 12.4. The molecule has 0 unspecified atom stereocenters.